The Kier molecular flexibility index (Phi) is 4.72. The van der Waals surface area contributed by atoms with Gasteiger partial charge in [0.25, 0.3) is 0 Å². The van der Waals surface area contributed by atoms with Gasteiger partial charge >= 0.3 is 6.09 Å². The molecule has 130 valence electrons. The predicted molar refractivity (Wildman–Crippen MR) is 91.9 cm³/mol. The van der Waals surface area contributed by atoms with Crippen molar-refractivity contribution in [2.75, 3.05) is 45.7 Å². The lowest BCUT2D eigenvalue weighted by atomic mass is 10.3. The van der Waals surface area contributed by atoms with Crippen LogP contribution in [0.4, 0.5) is 9.93 Å². The second kappa shape index (κ2) is 6.63. The second-order valence-electron chi connectivity index (χ2n) is 5.47. The van der Waals surface area contributed by atoms with E-state index in [1.807, 2.05) is 7.05 Å². The third-order valence-electron chi connectivity index (χ3n) is 3.85. The van der Waals surface area contributed by atoms with Crippen LogP contribution in [0.15, 0.2) is 23.1 Å². The first-order valence-electron chi connectivity index (χ1n) is 7.34. The maximum Gasteiger partial charge on any atom is 0.413 e. The maximum atomic E-state index is 12.8. The zero-order valence-electron chi connectivity index (χ0n) is 13.4. The smallest absolute Gasteiger partial charge is 0.413 e. The lowest BCUT2D eigenvalue weighted by Crippen LogP contribution is -2.46. The summed E-state index contributed by atoms with van der Waals surface area (Å²) in [5.74, 6) is 0. The van der Waals surface area contributed by atoms with Gasteiger partial charge in [0.15, 0.2) is 5.13 Å². The van der Waals surface area contributed by atoms with Gasteiger partial charge in [-0.1, -0.05) is 11.3 Å². The molecular formula is C14H18N4O4S2. The molecule has 10 heteroatoms. The van der Waals surface area contributed by atoms with Crippen LogP contribution in [-0.4, -0.2) is 69.0 Å². The quantitative estimate of drug-likeness (QED) is 0.878. The number of carbonyl (C=O) groups is 1. The molecule has 8 nitrogen and oxygen atoms in total. The molecule has 1 amide bonds. The number of piperazine rings is 1. The van der Waals surface area contributed by atoms with E-state index in [1.54, 1.807) is 18.2 Å². The average Bonchev–Trinajstić information content (AvgIpc) is 2.96. The summed E-state index contributed by atoms with van der Waals surface area (Å²) in [4.78, 5) is 17.8. The molecule has 1 fully saturated rings. The minimum absolute atomic E-state index is 0.243. The molecule has 0 saturated carbocycles. The molecule has 1 aromatic carbocycles. The number of sulfonamides is 1. The Morgan fingerprint density at radius 1 is 1.29 bits per heavy atom. The number of rotatable bonds is 3. The Morgan fingerprint density at radius 2 is 2.00 bits per heavy atom. The van der Waals surface area contributed by atoms with E-state index in [0.29, 0.717) is 28.4 Å². The Labute approximate surface area is 144 Å². The number of hydrogen-bond acceptors (Lipinski definition) is 7. The molecule has 0 radical (unpaired) electrons. The van der Waals surface area contributed by atoms with Crippen LogP contribution in [-0.2, 0) is 14.8 Å². The van der Waals surface area contributed by atoms with E-state index < -0.39 is 16.1 Å². The summed E-state index contributed by atoms with van der Waals surface area (Å²) >= 11 is 1.20. The third kappa shape index (κ3) is 3.36. The van der Waals surface area contributed by atoms with Crippen LogP contribution in [0.1, 0.15) is 0 Å². The van der Waals surface area contributed by atoms with Gasteiger partial charge in [-0.3, -0.25) is 5.32 Å². The molecule has 1 aliphatic rings. The van der Waals surface area contributed by atoms with E-state index in [-0.39, 0.29) is 4.90 Å². The Bertz CT molecular complexity index is 857. The van der Waals surface area contributed by atoms with Gasteiger partial charge in [0.05, 0.1) is 22.2 Å². The number of fused-ring (bicyclic) bond motifs is 1. The Morgan fingerprint density at radius 3 is 2.67 bits per heavy atom. The molecule has 0 bridgehead atoms. The van der Waals surface area contributed by atoms with Crippen LogP contribution < -0.4 is 5.32 Å². The number of carbonyl (C=O) groups excluding carboxylic acids is 1. The van der Waals surface area contributed by atoms with Crippen LogP contribution in [0.25, 0.3) is 10.2 Å². The monoisotopic (exact) mass is 370 g/mol. The fourth-order valence-corrected chi connectivity index (χ4v) is 4.85. The standard InChI is InChI=1S/C14H18N4O4S2/c1-17-5-7-18(8-6-17)24(20,21)10-3-4-11-12(9-10)23-13(15-11)16-14(19)22-2/h3-4,9H,5-8H2,1-2H3,(H,15,16,19). The number of ether oxygens (including phenoxy) is 1. The molecule has 1 saturated heterocycles. The number of amides is 1. The molecule has 0 unspecified atom stereocenters. The number of nitrogens with zero attached hydrogens (tertiary/aromatic N) is 3. The zero-order chi connectivity index (χ0) is 17.3. The van der Waals surface area contributed by atoms with E-state index in [1.165, 1.54) is 22.8 Å². The van der Waals surface area contributed by atoms with Gasteiger partial charge < -0.3 is 9.64 Å². The third-order valence-corrected chi connectivity index (χ3v) is 6.68. The highest BCUT2D eigenvalue weighted by atomic mass is 32.2. The molecule has 3 rings (SSSR count). The zero-order valence-corrected chi connectivity index (χ0v) is 15.0. The van der Waals surface area contributed by atoms with Gasteiger partial charge in [0.1, 0.15) is 0 Å². The number of methoxy groups -OCH3 is 1. The summed E-state index contributed by atoms with van der Waals surface area (Å²) in [5.41, 5.74) is 0.628. The van der Waals surface area contributed by atoms with E-state index >= 15 is 0 Å². The number of benzene rings is 1. The molecule has 0 atom stereocenters. The number of likely N-dealkylation sites (N-methyl/N-ethyl adjacent to an activating group) is 1. The first-order chi connectivity index (χ1) is 11.4. The summed E-state index contributed by atoms with van der Waals surface area (Å²) in [6.45, 7) is 2.40. The minimum atomic E-state index is -3.52. The van der Waals surface area contributed by atoms with Gasteiger partial charge in [-0.05, 0) is 25.2 Å². The van der Waals surface area contributed by atoms with Gasteiger partial charge in [-0.2, -0.15) is 4.31 Å². The van der Waals surface area contributed by atoms with Crippen molar-refractivity contribution in [3.63, 3.8) is 0 Å². The highest BCUT2D eigenvalue weighted by Crippen LogP contribution is 2.29. The molecule has 1 aromatic heterocycles. The molecule has 1 N–H and O–H groups in total. The first kappa shape index (κ1) is 17.1. The SMILES string of the molecule is COC(=O)Nc1nc2ccc(S(=O)(=O)N3CCN(C)CC3)cc2s1. The Balaban J connectivity index is 1.88. The van der Waals surface area contributed by atoms with Crippen LogP contribution in [0.3, 0.4) is 0 Å². The second-order valence-corrected chi connectivity index (χ2v) is 8.44. The molecule has 0 aliphatic carbocycles. The maximum absolute atomic E-state index is 12.8. The summed E-state index contributed by atoms with van der Waals surface area (Å²) in [7, 11) is -0.279. The van der Waals surface area contributed by atoms with Crippen molar-refractivity contribution < 1.29 is 17.9 Å². The van der Waals surface area contributed by atoms with Crippen molar-refractivity contribution in [2.45, 2.75) is 4.90 Å². The van der Waals surface area contributed by atoms with Crippen LogP contribution >= 0.6 is 11.3 Å². The number of anilines is 1. The van der Waals surface area contributed by atoms with Crippen LogP contribution in [0, 0.1) is 0 Å². The molecular weight excluding hydrogens is 352 g/mol. The van der Waals surface area contributed by atoms with Crippen molar-refractivity contribution in [1.29, 1.82) is 0 Å². The van der Waals surface area contributed by atoms with Crippen molar-refractivity contribution in [1.82, 2.24) is 14.2 Å². The van der Waals surface area contributed by atoms with Gasteiger partial charge in [-0.25, -0.2) is 18.2 Å². The van der Waals surface area contributed by atoms with Gasteiger partial charge in [0.2, 0.25) is 10.0 Å². The molecule has 2 heterocycles. The molecule has 2 aromatic rings. The molecule has 24 heavy (non-hydrogen) atoms. The van der Waals surface area contributed by atoms with Gasteiger partial charge in [0, 0.05) is 26.2 Å². The highest BCUT2D eigenvalue weighted by Gasteiger charge is 2.27. The summed E-state index contributed by atoms with van der Waals surface area (Å²) in [5, 5.41) is 2.85. The fraction of sp³-hybridized carbons (Fsp3) is 0.429. The van der Waals surface area contributed by atoms with E-state index in [0.717, 1.165) is 13.1 Å². The summed E-state index contributed by atoms with van der Waals surface area (Å²) in [6, 6.07) is 4.80. The van der Waals surface area contributed by atoms with Crippen molar-refractivity contribution >= 4 is 42.8 Å². The number of aromatic nitrogens is 1. The Hall–Kier alpha value is -1.75. The van der Waals surface area contributed by atoms with E-state index in [2.05, 4.69) is 19.9 Å². The first-order valence-corrected chi connectivity index (χ1v) is 9.60. The van der Waals surface area contributed by atoms with Crippen LogP contribution in [0.5, 0.6) is 0 Å². The predicted octanol–water partition coefficient (Wildman–Crippen LogP) is 1.41. The topological polar surface area (TPSA) is 91.8 Å². The number of nitrogens with one attached hydrogen (secondary N) is 1. The largest absolute Gasteiger partial charge is 0.453 e. The average molecular weight is 370 g/mol. The van der Waals surface area contributed by atoms with E-state index in [9.17, 15) is 13.2 Å². The molecule has 1 aliphatic heterocycles. The minimum Gasteiger partial charge on any atom is -0.453 e. The van der Waals surface area contributed by atoms with Crippen LogP contribution in [0.2, 0.25) is 0 Å². The lowest BCUT2D eigenvalue weighted by Gasteiger charge is -2.31. The summed E-state index contributed by atoms with van der Waals surface area (Å²) in [6.07, 6.45) is -0.612. The normalized spacial score (nSPS) is 17.1. The number of thiazole rings is 1. The van der Waals surface area contributed by atoms with E-state index in [4.69, 9.17) is 0 Å². The van der Waals surface area contributed by atoms with Gasteiger partial charge in [-0.15, -0.1) is 0 Å². The number of hydrogen-bond donors (Lipinski definition) is 1. The summed E-state index contributed by atoms with van der Waals surface area (Å²) < 4.78 is 32.3. The lowest BCUT2D eigenvalue weighted by molar-refractivity contribution is 0.187. The van der Waals surface area contributed by atoms with Crippen molar-refractivity contribution in [3.8, 4) is 0 Å². The molecule has 0 spiro atoms. The fourth-order valence-electron chi connectivity index (χ4n) is 2.43. The van der Waals surface area contributed by atoms with Crippen molar-refractivity contribution in [2.24, 2.45) is 0 Å². The van der Waals surface area contributed by atoms with Crippen molar-refractivity contribution in [3.05, 3.63) is 18.2 Å². The highest BCUT2D eigenvalue weighted by molar-refractivity contribution is 7.89.